The molecule has 6 heteroatoms. The van der Waals surface area contributed by atoms with Crippen LogP contribution in [0.3, 0.4) is 0 Å². The molecule has 1 aromatic carbocycles. The quantitative estimate of drug-likeness (QED) is 0.759. The fourth-order valence-corrected chi connectivity index (χ4v) is 2.83. The van der Waals surface area contributed by atoms with E-state index in [9.17, 15) is 9.18 Å². The molecule has 4 nitrogen and oxygen atoms in total. The summed E-state index contributed by atoms with van der Waals surface area (Å²) < 4.78 is 25.4. The third-order valence-corrected chi connectivity index (χ3v) is 4.03. The molecule has 1 aliphatic heterocycles. The maximum Gasteiger partial charge on any atom is 0.410 e. The van der Waals surface area contributed by atoms with Crippen molar-refractivity contribution in [1.82, 2.24) is 4.90 Å². The molecular weight excluding hydrogens is 365 g/mol. The second-order valence-corrected chi connectivity index (χ2v) is 7.74. The molecule has 23 heavy (non-hydrogen) atoms. The van der Waals surface area contributed by atoms with Crippen LogP contribution in [0.15, 0.2) is 22.7 Å². The Morgan fingerprint density at radius 1 is 1.43 bits per heavy atom. The van der Waals surface area contributed by atoms with E-state index in [2.05, 4.69) is 15.9 Å². The zero-order valence-electron chi connectivity index (χ0n) is 13.8. The summed E-state index contributed by atoms with van der Waals surface area (Å²) in [4.78, 5) is 13.8. The average Bonchev–Trinajstić information content (AvgIpc) is 2.45. The molecule has 1 heterocycles. The van der Waals surface area contributed by atoms with Gasteiger partial charge in [0, 0.05) is 23.5 Å². The van der Waals surface area contributed by atoms with Gasteiger partial charge in [0.1, 0.15) is 5.60 Å². The third kappa shape index (κ3) is 5.68. The fourth-order valence-electron chi connectivity index (χ4n) is 2.49. The normalized spacial score (nSPS) is 18.7. The second kappa shape index (κ2) is 7.51. The number of nitrogens with zero attached hydrogens (tertiary/aromatic N) is 1. The van der Waals surface area contributed by atoms with Gasteiger partial charge < -0.3 is 14.4 Å². The smallest absolute Gasteiger partial charge is 0.410 e. The van der Waals surface area contributed by atoms with E-state index in [1.54, 1.807) is 17.0 Å². The van der Waals surface area contributed by atoms with Gasteiger partial charge in [-0.1, -0.05) is 15.9 Å². The molecule has 0 radical (unpaired) electrons. The van der Waals surface area contributed by atoms with Crippen LogP contribution in [-0.2, 0) is 4.74 Å². The van der Waals surface area contributed by atoms with E-state index < -0.39 is 5.60 Å². The topological polar surface area (TPSA) is 38.8 Å². The van der Waals surface area contributed by atoms with Crippen molar-refractivity contribution in [2.45, 2.75) is 39.2 Å². The Bertz CT molecular complexity index is 559. The van der Waals surface area contributed by atoms with Crippen LogP contribution in [0.1, 0.15) is 33.6 Å². The standard InChI is InChI=1S/C17H23BrFNO3/c1-17(2,3)23-16(21)20-8-4-5-12(10-20)11-22-15-7-6-13(18)9-14(15)19/h6-7,9,12H,4-5,8,10-11H2,1-3H3. The van der Waals surface area contributed by atoms with Gasteiger partial charge in [-0.25, -0.2) is 9.18 Å². The Kier molecular flexibility index (Phi) is 5.89. The molecule has 1 fully saturated rings. The van der Waals surface area contributed by atoms with Crippen molar-refractivity contribution < 1.29 is 18.7 Å². The first-order chi connectivity index (χ1) is 10.7. The molecule has 1 unspecified atom stereocenters. The number of hydrogen-bond donors (Lipinski definition) is 0. The molecule has 0 aliphatic carbocycles. The van der Waals surface area contributed by atoms with Crippen LogP contribution in [0.25, 0.3) is 0 Å². The lowest BCUT2D eigenvalue weighted by molar-refractivity contribution is 0.0138. The number of hydrogen-bond acceptors (Lipinski definition) is 3. The highest BCUT2D eigenvalue weighted by atomic mass is 79.9. The van der Waals surface area contributed by atoms with Gasteiger partial charge in [0.05, 0.1) is 6.61 Å². The lowest BCUT2D eigenvalue weighted by Crippen LogP contribution is -2.44. The summed E-state index contributed by atoms with van der Waals surface area (Å²) in [5, 5.41) is 0. The van der Waals surface area contributed by atoms with Gasteiger partial charge in [-0.2, -0.15) is 0 Å². The summed E-state index contributed by atoms with van der Waals surface area (Å²) in [7, 11) is 0. The Hall–Kier alpha value is -1.30. The predicted molar refractivity (Wildman–Crippen MR) is 90.1 cm³/mol. The lowest BCUT2D eigenvalue weighted by atomic mass is 9.99. The highest BCUT2D eigenvalue weighted by Crippen LogP contribution is 2.24. The van der Waals surface area contributed by atoms with Crippen molar-refractivity contribution in [2.75, 3.05) is 19.7 Å². The van der Waals surface area contributed by atoms with Crippen molar-refractivity contribution in [1.29, 1.82) is 0 Å². The van der Waals surface area contributed by atoms with E-state index in [1.807, 2.05) is 20.8 Å². The Morgan fingerprint density at radius 2 is 2.17 bits per heavy atom. The largest absolute Gasteiger partial charge is 0.490 e. The summed E-state index contributed by atoms with van der Waals surface area (Å²) in [6.07, 6.45) is 1.56. The number of benzene rings is 1. The number of carbonyl (C=O) groups excluding carboxylic acids is 1. The van der Waals surface area contributed by atoms with Crippen molar-refractivity contribution in [3.8, 4) is 5.75 Å². The van der Waals surface area contributed by atoms with Crippen LogP contribution >= 0.6 is 15.9 Å². The van der Waals surface area contributed by atoms with Crippen LogP contribution in [-0.4, -0.2) is 36.3 Å². The summed E-state index contributed by atoms with van der Waals surface area (Å²) in [6, 6.07) is 4.73. The Morgan fingerprint density at radius 3 is 2.83 bits per heavy atom. The first kappa shape index (κ1) is 18.0. The average molecular weight is 388 g/mol. The maximum absolute atomic E-state index is 13.8. The van der Waals surface area contributed by atoms with E-state index in [-0.39, 0.29) is 23.6 Å². The summed E-state index contributed by atoms with van der Waals surface area (Å²) in [6.45, 7) is 7.21. The number of amides is 1. The summed E-state index contributed by atoms with van der Waals surface area (Å²) >= 11 is 3.22. The highest BCUT2D eigenvalue weighted by Gasteiger charge is 2.28. The molecule has 1 atom stereocenters. The number of halogens is 2. The SMILES string of the molecule is CC(C)(C)OC(=O)N1CCCC(COc2ccc(Br)cc2F)C1. The van der Waals surface area contributed by atoms with Gasteiger partial charge in [0.15, 0.2) is 11.6 Å². The van der Waals surface area contributed by atoms with E-state index in [0.29, 0.717) is 24.2 Å². The molecule has 1 amide bonds. The zero-order valence-corrected chi connectivity index (χ0v) is 15.4. The maximum atomic E-state index is 13.8. The first-order valence-corrected chi connectivity index (χ1v) is 8.59. The molecule has 0 bridgehead atoms. The van der Waals surface area contributed by atoms with E-state index >= 15 is 0 Å². The number of ether oxygens (including phenoxy) is 2. The number of carbonyl (C=O) groups is 1. The molecule has 1 saturated heterocycles. The second-order valence-electron chi connectivity index (χ2n) is 6.82. The number of rotatable bonds is 3. The molecule has 0 spiro atoms. The first-order valence-electron chi connectivity index (χ1n) is 7.80. The van der Waals surface area contributed by atoms with Gasteiger partial charge in [-0.3, -0.25) is 0 Å². The molecule has 0 aromatic heterocycles. The van der Waals surface area contributed by atoms with Crippen LogP contribution in [0, 0.1) is 11.7 Å². The molecule has 0 saturated carbocycles. The van der Waals surface area contributed by atoms with Crippen LogP contribution in [0.4, 0.5) is 9.18 Å². The molecule has 1 aliphatic rings. The minimum atomic E-state index is -0.499. The molecular formula is C17H23BrFNO3. The summed E-state index contributed by atoms with van der Waals surface area (Å²) in [5.74, 6) is 0.0288. The van der Waals surface area contributed by atoms with Crippen molar-refractivity contribution in [3.63, 3.8) is 0 Å². The van der Waals surface area contributed by atoms with Crippen molar-refractivity contribution in [2.24, 2.45) is 5.92 Å². The van der Waals surface area contributed by atoms with Crippen LogP contribution in [0.5, 0.6) is 5.75 Å². The van der Waals surface area contributed by atoms with E-state index in [0.717, 1.165) is 12.8 Å². The highest BCUT2D eigenvalue weighted by molar-refractivity contribution is 9.10. The molecule has 1 aromatic rings. The van der Waals surface area contributed by atoms with Crippen LogP contribution < -0.4 is 4.74 Å². The minimum Gasteiger partial charge on any atom is -0.490 e. The van der Waals surface area contributed by atoms with E-state index in [4.69, 9.17) is 9.47 Å². The lowest BCUT2D eigenvalue weighted by Gasteiger charge is -2.34. The summed E-state index contributed by atoms with van der Waals surface area (Å²) in [5.41, 5.74) is -0.499. The van der Waals surface area contributed by atoms with Gasteiger partial charge >= 0.3 is 6.09 Å². The zero-order chi connectivity index (χ0) is 17.0. The number of likely N-dealkylation sites (tertiary alicyclic amines) is 1. The van der Waals surface area contributed by atoms with Crippen molar-refractivity contribution in [3.05, 3.63) is 28.5 Å². The minimum absolute atomic E-state index is 0.180. The van der Waals surface area contributed by atoms with Gasteiger partial charge in [-0.15, -0.1) is 0 Å². The Balaban J connectivity index is 1.87. The van der Waals surface area contributed by atoms with Gasteiger partial charge in [0.25, 0.3) is 0 Å². The fraction of sp³-hybridized carbons (Fsp3) is 0.588. The molecule has 128 valence electrons. The van der Waals surface area contributed by atoms with E-state index in [1.165, 1.54) is 6.07 Å². The number of piperidine rings is 1. The predicted octanol–water partition coefficient (Wildman–Crippen LogP) is 4.61. The molecule has 2 rings (SSSR count). The van der Waals surface area contributed by atoms with Gasteiger partial charge in [-0.05, 0) is 51.8 Å². The van der Waals surface area contributed by atoms with Gasteiger partial charge in [0.2, 0.25) is 0 Å². The third-order valence-electron chi connectivity index (χ3n) is 3.54. The van der Waals surface area contributed by atoms with Crippen molar-refractivity contribution >= 4 is 22.0 Å². The Labute approximate surface area is 145 Å². The van der Waals surface area contributed by atoms with Crippen LogP contribution in [0.2, 0.25) is 0 Å². The molecule has 0 N–H and O–H groups in total. The monoisotopic (exact) mass is 387 g/mol.